The molecule has 1 nitrogen and oxygen atoms in total. The molecule has 0 saturated carbocycles. The van der Waals surface area contributed by atoms with E-state index in [1.165, 1.54) is 12.1 Å². The van der Waals surface area contributed by atoms with Crippen LogP contribution in [0.2, 0.25) is 0 Å². The van der Waals surface area contributed by atoms with Crippen LogP contribution in [-0.2, 0) is 18.7 Å². The van der Waals surface area contributed by atoms with E-state index in [2.05, 4.69) is 4.74 Å². The van der Waals surface area contributed by atoms with Crippen LogP contribution < -0.4 is 4.74 Å². The molecule has 0 bridgehead atoms. The molecular weight excluding hydrogens is 542 g/mol. The molecule has 4 rings (SSSR count). The van der Waals surface area contributed by atoms with E-state index in [-0.39, 0.29) is 16.7 Å². The number of aryl methyl sites for hydroxylation is 1. The van der Waals surface area contributed by atoms with Crippen molar-refractivity contribution in [1.82, 2.24) is 0 Å². The van der Waals surface area contributed by atoms with Gasteiger partial charge in [-0.05, 0) is 53.4 Å². The number of halogens is 10. The molecule has 0 aliphatic carbocycles. The van der Waals surface area contributed by atoms with Crippen LogP contribution in [0.3, 0.4) is 0 Å². The molecule has 204 valence electrons. The minimum atomic E-state index is -4.77. The lowest BCUT2D eigenvalue weighted by molar-refractivity contribution is -0.189. The molecule has 0 heterocycles. The first-order valence-electron chi connectivity index (χ1n) is 11.2. The van der Waals surface area contributed by atoms with Crippen molar-refractivity contribution in [3.8, 4) is 28.0 Å². The molecule has 0 atom stereocenters. The van der Waals surface area contributed by atoms with Crippen molar-refractivity contribution < 1.29 is 48.6 Å². The zero-order valence-electron chi connectivity index (χ0n) is 19.7. The van der Waals surface area contributed by atoms with Gasteiger partial charge in [-0.25, -0.2) is 22.0 Å². The van der Waals surface area contributed by atoms with Crippen molar-refractivity contribution >= 4 is 0 Å². The summed E-state index contributed by atoms with van der Waals surface area (Å²) in [5.74, 6) is -8.57. The van der Waals surface area contributed by atoms with Crippen molar-refractivity contribution in [3.05, 3.63) is 113 Å². The molecule has 0 aliphatic heterocycles. The van der Waals surface area contributed by atoms with E-state index in [0.717, 1.165) is 18.2 Å². The fourth-order valence-corrected chi connectivity index (χ4v) is 3.93. The van der Waals surface area contributed by atoms with Crippen LogP contribution in [0, 0.1) is 29.1 Å². The standard InChI is InChI=1S/C28H16F10O/c1-2-14-3-8-19(20(29)9-14)16-10-23(32)26(24(33)11-16)28(37,38)39-18-12-21(30)25(22(31)13-18)15-4-6-17(7-5-15)27(34,35)36/h3-13H,2H2,1H3. The number of hydrogen-bond acceptors (Lipinski definition) is 1. The van der Waals surface area contributed by atoms with Crippen molar-refractivity contribution in [2.24, 2.45) is 0 Å². The van der Waals surface area contributed by atoms with Gasteiger partial charge >= 0.3 is 12.3 Å². The molecule has 4 aromatic rings. The summed E-state index contributed by atoms with van der Waals surface area (Å²) in [4.78, 5) is 0. The lowest BCUT2D eigenvalue weighted by Crippen LogP contribution is -2.25. The predicted octanol–water partition coefficient (Wildman–Crippen LogP) is 9.43. The second-order valence-corrected chi connectivity index (χ2v) is 8.44. The number of benzene rings is 4. The van der Waals surface area contributed by atoms with E-state index < -0.39 is 63.8 Å². The Morgan fingerprint density at radius 3 is 1.67 bits per heavy atom. The second-order valence-electron chi connectivity index (χ2n) is 8.44. The van der Waals surface area contributed by atoms with Crippen LogP contribution in [0.4, 0.5) is 43.9 Å². The largest absolute Gasteiger partial charge is 0.432 e. The molecule has 0 aromatic heterocycles. The summed E-state index contributed by atoms with van der Waals surface area (Å²) >= 11 is 0. The quantitative estimate of drug-likeness (QED) is 0.214. The second kappa shape index (κ2) is 10.3. The van der Waals surface area contributed by atoms with Crippen LogP contribution in [0.25, 0.3) is 22.3 Å². The summed E-state index contributed by atoms with van der Waals surface area (Å²) in [5, 5.41) is 0. The van der Waals surface area contributed by atoms with Gasteiger partial charge in [-0.15, -0.1) is 0 Å². The van der Waals surface area contributed by atoms with Crippen LogP contribution in [0.15, 0.2) is 66.7 Å². The first kappa shape index (κ1) is 28.0. The minimum absolute atomic E-state index is 0.246. The van der Waals surface area contributed by atoms with Gasteiger partial charge in [0, 0.05) is 17.7 Å². The summed E-state index contributed by atoms with van der Waals surface area (Å²) in [6, 6.07) is 8.10. The maximum Gasteiger partial charge on any atom is 0.432 e. The van der Waals surface area contributed by atoms with Crippen LogP contribution in [-0.4, -0.2) is 0 Å². The zero-order chi connectivity index (χ0) is 28.7. The first-order chi connectivity index (χ1) is 18.2. The molecule has 0 aliphatic rings. The van der Waals surface area contributed by atoms with E-state index in [0.29, 0.717) is 48.4 Å². The normalized spacial score (nSPS) is 12.1. The third kappa shape index (κ3) is 5.71. The number of ether oxygens (including phenoxy) is 1. The Labute approximate surface area is 215 Å². The van der Waals surface area contributed by atoms with Gasteiger partial charge in [-0.1, -0.05) is 31.2 Å². The van der Waals surface area contributed by atoms with E-state index in [1.807, 2.05) is 0 Å². The predicted molar refractivity (Wildman–Crippen MR) is 122 cm³/mol. The summed E-state index contributed by atoms with van der Waals surface area (Å²) in [6.45, 7) is 1.75. The molecule has 39 heavy (non-hydrogen) atoms. The van der Waals surface area contributed by atoms with Crippen molar-refractivity contribution in [2.75, 3.05) is 0 Å². The van der Waals surface area contributed by atoms with Crippen LogP contribution >= 0.6 is 0 Å². The van der Waals surface area contributed by atoms with Gasteiger partial charge in [0.15, 0.2) is 0 Å². The fourth-order valence-electron chi connectivity index (χ4n) is 3.93. The Bertz CT molecular complexity index is 1480. The number of alkyl halides is 5. The van der Waals surface area contributed by atoms with Crippen LogP contribution in [0.5, 0.6) is 5.75 Å². The maximum absolute atomic E-state index is 14.8. The van der Waals surface area contributed by atoms with Gasteiger partial charge in [0.05, 0.1) is 11.1 Å². The third-order valence-corrected chi connectivity index (χ3v) is 5.85. The van der Waals surface area contributed by atoms with E-state index in [4.69, 9.17) is 0 Å². The Morgan fingerprint density at radius 2 is 1.18 bits per heavy atom. The molecule has 11 heteroatoms. The fraction of sp³-hybridized carbons (Fsp3) is 0.143. The van der Waals surface area contributed by atoms with E-state index >= 15 is 0 Å². The Morgan fingerprint density at radius 1 is 0.615 bits per heavy atom. The summed E-state index contributed by atoms with van der Waals surface area (Å²) in [7, 11) is 0. The Kier molecular flexibility index (Phi) is 7.38. The van der Waals surface area contributed by atoms with Gasteiger partial charge in [0.25, 0.3) is 0 Å². The first-order valence-corrected chi connectivity index (χ1v) is 11.2. The molecule has 0 unspecified atom stereocenters. The number of hydrogen-bond donors (Lipinski definition) is 0. The Balaban J connectivity index is 1.64. The summed E-state index contributed by atoms with van der Waals surface area (Å²) in [6.07, 6.45) is -8.99. The average molecular weight is 558 g/mol. The van der Waals surface area contributed by atoms with Gasteiger partial charge in [0.2, 0.25) is 0 Å². The molecule has 0 saturated heterocycles. The van der Waals surface area contributed by atoms with Crippen molar-refractivity contribution in [3.63, 3.8) is 0 Å². The number of rotatable bonds is 6. The molecule has 4 aromatic carbocycles. The maximum atomic E-state index is 14.8. The topological polar surface area (TPSA) is 9.23 Å². The minimum Gasteiger partial charge on any atom is -0.429 e. The molecular formula is C28H16F10O. The zero-order valence-corrected chi connectivity index (χ0v) is 19.7. The van der Waals surface area contributed by atoms with Gasteiger partial charge in [0.1, 0.15) is 40.4 Å². The summed E-state index contributed by atoms with van der Waals surface area (Å²) in [5.41, 5.74) is -4.16. The highest BCUT2D eigenvalue weighted by atomic mass is 19.4. The molecule has 0 N–H and O–H groups in total. The molecule has 0 fully saturated rings. The lowest BCUT2D eigenvalue weighted by Gasteiger charge is -2.20. The third-order valence-electron chi connectivity index (χ3n) is 5.85. The SMILES string of the molecule is CCc1ccc(-c2cc(F)c(C(F)(F)Oc3cc(F)c(-c4ccc(C(F)(F)F)cc4)c(F)c3)c(F)c2)c(F)c1. The molecule has 0 amide bonds. The van der Waals surface area contributed by atoms with Crippen LogP contribution in [0.1, 0.15) is 23.6 Å². The lowest BCUT2D eigenvalue weighted by atomic mass is 10.00. The van der Waals surface area contributed by atoms with E-state index in [9.17, 15) is 43.9 Å². The average Bonchev–Trinajstić information content (AvgIpc) is 2.82. The van der Waals surface area contributed by atoms with E-state index in [1.54, 1.807) is 6.92 Å². The monoisotopic (exact) mass is 558 g/mol. The Hall–Kier alpha value is -4.02. The van der Waals surface area contributed by atoms with Gasteiger partial charge < -0.3 is 4.74 Å². The smallest absolute Gasteiger partial charge is 0.429 e. The van der Waals surface area contributed by atoms with Gasteiger partial charge in [-0.3, -0.25) is 0 Å². The highest BCUT2D eigenvalue weighted by Crippen LogP contribution is 2.39. The van der Waals surface area contributed by atoms with Crippen molar-refractivity contribution in [2.45, 2.75) is 25.6 Å². The van der Waals surface area contributed by atoms with Crippen molar-refractivity contribution in [1.29, 1.82) is 0 Å². The summed E-state index contributed by atoms with van der Waals surface area (Å²) < 4.78 is 145. The highest BCUT2D eigenvalue weighted by molar-refractivity contribution is 5.67. The molecule has 0 spiro atoms. The highest BCUT2D eigenvalue weighted by Gasteiger charge is 2.41. The van der Waals surface area contributed by atoms with Gasteiger partial charge in [-0.2, -0.15) is 22.0 Å². The molecule has 0 radical (unpaired) electrons.